The average Bonchev–Trinajstić information content (AvgIpc) is 2.76. The zero-order chi connectivity index (χ0) is 26.2. The second-order valence-electron chi connectivity index (χ2n) is 9.91. The highest BCUT2D eigenvalue weighted by atomic mass is 79.9. The van der Waals surface area contributed by atoms with Crippen LogP contribution in [0.15, 0.2) is 69.9 Å². The molecule has 0 aliphatic rings. The molecule has 0 aromatic rings. The van der Waals surface area contributed by atoms with E-state index in [0.29, 0.717) is 0 Å². The molecule has 0 radical (unpaired) electrons. The molecule has 0 aromatic carbocycles. The molecule has 0 rings (SSSR count). The summed E-state index contributed by atoms with van der Waals surface area (Å²) in [6.45, 7) is 17.7. The Hall–Kier alpha value is -1.12. The van der Waals surface area contributed by atoms with Crippen molar-refractivity contribution >= 4 is 15.9 Å². The minimum Gasteiger partial charge on any atom is -0.396 e. The molecule has 0 saturated heterocycles. The molecule has 0 fully saturated rings. The van der Waals surface area contributed by atoms with Gasteiger partial charge in [-0.1, -0.05) is 85.8 Å². The van der Waals surface area contributed by atoms with Gasteiger partial charge in [0, 0.05) is 11.9 Å². The summed E-state index contributed by atoms with van der Waals surface area (Å²) in [4.78, 5) is 0. The SMILES string of the molecule is CC(C)=CCC/C(C)=C/CC/C(C)=C/CCBr.CC(C)=CCC/C(C)=C/CC/C(C)=C/CCO. The van der Waals surface area contributed by atoms with Crippen LogP contribution in [0.2, 0.25) is 0 Å². The first-order valence-corrected chi connectivity index (χ1v) is 14.3. The molecule has 1 nitrogen and oxygen atoms in total. The van der Waals surface area contributed by atoms with Crippen LogP contribution in [0.25, 0.3) is 0 Å². The van der Waals surface area contributed by atoms with Gasteiger partial charge >= 0.3 is 0 Å². The number of aliphatic hydroxyl groups is 1. The monoisotopic (exact) mass is 534 g/mol. The second kappa shape index (κ2) is 25.0. The van der Waals surface area contributed by atoms with Crippen molar-refractivity contribution in [1.29, 1.82) is 0 Å². The van der Waals surface area contributed by atoms with Gasteiger partial charge in [0.2, 0.25) is 0 Å². The third-order valence-corrected chi connectivity index (χ3v) is 5.93. The van der Waals surface area contributed by atoms with Crippen molar-refractivity contribution in [1.82, 2.24) is 0 Å². The fourth-order valence-corrected chi connectivity index (χ4v) is 3.52. The van der Waals surface area contributed by atoms with E-state index in [9.17, 15) is 0 Å². The van der Waals surface area contributed by atoms with Crippen LogP contribution in [0.3, 0.4) is 0 Å². The van der Waals surface area contributed by atoms with Crippen LogP contribution in [-0.2, 0) is 0 Å². The van der Waals surface area contributed by atoms with Crippen molar-refractivity contribution in [3.05, 3.63) is 69.9 Å². The highest BCUT2D eigenvalue weighted by Crippen LogP contribution is 2.13. The molecule has 0 saturated carbocycles. The number of hydrogen-bond donors (Lipinski definition) is 1. The van der Waals surface area contributed by atoms with E-state index in [-0.39, 0.29) is 6.61 Å². The molecule has 0 spiro atoms. The normalized spacial score (nSPS) is 12.8. The lowest BCUT2D eigenvalue weighted by molar-refractivity contribution is 0.302. The molecule has 0 bridgehead atoms. The Morgan fingerprint density at radius 3 is 1.06 bits per heavy atom. The molecule has 34 heavy (non-hydrogen) atoms. The maximum Gasteiger partial charge on any atom is 0.0465 e. The first-order chi connectivity index (χ1) is 16.1. The predicted octanol–water partition coefficient (Wildman–Crippen LogP) is 11.0. The molecule has 2 heteroatoms. The van der Waals surface area contributed by atoms with E-state index >= 15 is 0 Å². The summed E-state index contributed by atoms with van der Waals surface area (Å²) in [6, 6.07) is 0. The van der Waals surface area contributed by atoms with Crippen LogP contribution in [-0.4, -0.2) is 17.0 Å². The minimum absolute atomic E-state index is 0.259. The van der Waals surface area contributed by atoms with Gasteiger partial charge in [-0.25, -0.2) is 0 Å². The Kier molecular flexibility index (Phi) is 25.8. The Labute approximate surface area is 222 Å². The van der Waals surface area contributed by atoms with Gasteiger partial charge in [0.05, 0.1) is 0 Å². The van der Waals surface area contributed by atoms with Crippen LogP contribution in [0.1, 0.15) is 120 Å². The van der Waals surface area contributed by atoms with Crippen LogP contribution in [0.4, 0.5) is 0 Å². The number of aliphatic hydroxyl groups excluding tert-OH is 1. The Balaban J connectivity index is 0. The largest absolute Gasteiger partial charge is 0.396 e. The van der Waals surface area contributed by atoms with Gasteiger partial charge in [0.25, 0.3) is 0 Å². The summed E-state index contributed by atoms with van der Waals surface area (Å²) in [7, 11) is 0. The lowest BCUT2D eigenvalue weighted by Crippen LogP contribution is -1.82. The minimum atomic E-state index is 0.259. The Morgan fingerprint density at radius 2 is 0.765 bits per heavy atom. The average molecular weight is 536 g/mol. The van der Waals surface area contributed by atoms with Crippen molar-refractivity contribution in [2.24, 2.45) is 0 Å². The van der Waals surface area contributed by atoms with Gasteiger partial charge in [-0.15, -0.1) is 0 Å². The molecule has 0 aromatic heterocycles. The summed E-state index contributed by atoms with van der Waals surface area (Å²) in [5.41, 5.74) is 8.73. The number of allylic oxidation sites excluding steroid dienone is 11. The fourth-order valence-electron chi connectivity index (χ4n) is 3.29. The van der Waals surface area contributed by atoms with Crippen molar-refractivity contribution in [2.75, 3.05) is 11.9 Å². The molecule has 196 valence electrons. The second-order valence-corrected chi connectivity index (χ2v) is 10.7. The van der Waals surface area contributed by atoms with Crippen molar-refractivity contribution < 1.29 is 5.11 Å². The van der Waals surface area contributed by atoms with Gasteiger partial charge in [-0.3, -0.25) is 0 Å². The third kappa shape index (κ3) is 28.9. The number of hydrogen-bond acceptors (Lipinski definition) is 1. The van der Waals surface area contributed by atoms with Gasteiger partial charge in [0.15, 0.2) is 0 Å². The topological polar surface area (TPSA) is 20.2 Å². The molecule has 0 amide bonds. The number of halogens is 1. The molecule has 1 N–H and O–H groups in total. The molecule has 0 atom stereocenters. The smallest absolute Gasteiger partial charge is 0.0465 e. The summed E-state index contributed by atoms with van der Waals surface area (Å²) in [6.07, 6.45) is 25.1. The highest BCUT2D eigenvalue weighted by molar-refractivity contribution is 9.09. The maximum atomic E-state index is 8.71. The molecule has 0 heterocycles. The summed E-state index contributed by atoms with van der Waals surface area (Å²) in [5, 5.41) is 9.78. The highest BCUT2D eigenvalue weighted by Gasteiger charge is 1.93. The third-order valence-electron chi connectivity index (χ3n) is 5.47. The first-order valence-electron chi connectivity index (χ1n) is 13.2. The van der Waals surface area contributed by atoms with E-state index in [1.165, 1.54) is 65.5 Å². The molecule has 0 unspecified atom stereocenters. The number of alkyl halides is 1. The van der Waals surface area contributed by atoms with Crippen LogP contribution >= 0.6 is 15.9 Å². The van der Waals surface area contributed by atoms with Gasteiger partial charge < -0.3 is 5.11 Å². The van der Waals surface area contributed by atoms with Gasteiger partial charge in [0.1, 0.15) is 0 Å². The maximum absolute atomic E-state index is 8.71. The number of rotatable bonds is 16. The van der Waals surface area contributed by atoms with E-state index < -0.39 is 0 Å². The van der Waals surface area contributed by atoms with Crippen molar-refractivity contribution in [2.45, 2.75) is 120 Å². The lowest BCUT2D eigenvalue weighted by Gasteiger charge is -2.01. The first kappa shape index (κ1) is 35.0. The van der Waals surface area contributed by atoms with Crippen LogP contribution < -0.4 is 0 Å². The lowest BCUT2D eigenvalue weighted by atomic mass is 10.1. The zero-order valence-electron chi connectivity index (χ0n) is 23.8. The summed E-state index contributed by atoms with van der Waals surface area (Å²) in [5.74, 6) is 0. The fraction of sp³-hybridized carbons (Fsp3) is 0.625. The van der Waals surface area contributed by atoms with E-state index in [1.54, 1.807) is 0 Å². The quantitative estimate of drug-likeness (QED) is 0.154. The van der Waals surface area contributed by atoms with E-state index in [0.717, 1.165) is 37.4 Å². The summed E-state index contributed by atoms with van der Waals surface area (Å²) >= 11 is 3.45. The zero-order valence-corrected chi connectivity index (χ0v) is 25.4. The van der Waals surface area contributed by atoms with Gasteiger partial charge in [-0.05, 0) is 120 Å². The molecular formula is C32H55BrO. The Bertz CT molecular complexity index is 618. The van der Waals surface area contributed by atoms with E-state index in [4.69, 9.17) is 5.11 Å². The molecule has 0 aliphatic carbocycles. The standard InChI is InChI=1S/C16H27Br.C16H28O/c2*1-14(2)8-5-9-15(3)10-6-11-16(4)12-7-13-17/h8,10,12H,5-7,9,11,13H2,1-4H3;8,10,12,17H,5-7,9,11,13H2,1-4H3/b2*15-10+,16-12+. The predicted molar refractivity (Wildman–Crippen MR) is 161 cm³/mol. The van der Waals surface area contributed by atoms with Gasteiger partial charge in [-0.2, -0.15) is 0 Å². The summed E-state index contributed by atoms with van der Waals surface area (Å²) < 4.78 is 0. The molecular weight excluding hydrogens is 480 g/mol. The van der Waals surface area contributed by atoms with Crippen molar-refractivity contribution in [3.63, 3.8) is 0 Å². The molecule has 0 aliphatic heterocycles. The Morgan fingerprint density at radius 1 is 0.471 bits per heavy atom. The van der Waals surface area contributed by atoms with Crippen LogP contribution in [0, 0.1) is 0 Å². The van der Waals surface area contributed by atoms with Crippen LogP contribution in [0.5, 0.6) is 0 Å². The van der Waals surface area contributed by atoms with E-state index in [1.807, 2.05) is 0 Å². The van der Waals surface area contributed by atoms with Crippen molar-refractivity contribution in [3.8, 4) is 0 Å². The van der Waals surface area contributed by atoms with E-state index in [2.05, 4.69) is 108 Å².